The van der Waals surface area contributed by atoms with Crippen molar-refractivity contribution < 1.29 is 4.92 Å². The maximum Gasteiger partial charge on any atom is 0.293 e. The lowest BCUT2D eigenvalue weighted by atomic mass is 9.95. The van der Waals surface area contributed by atoms with Crippen LogP contribution in [0.4, 0.5) is 11.4 Å². The molecule has 0 amide bonds. The monoisotopic (exact) mass is 310 g/mol. The van der Waals surface area contributed by atoms with E-state index in [1.165, 1.54) is 38.2 Å². The van der Waals surface area contributed by atoms with Gasteiger partial charge in [-0.3, -0.25) is 10.1 Å². The molecule has 1 aromatic carbocycles. The van der Waals surface area contributed by atoms with Crippen LogP contribution in [0.1, 0.15) is 51.9 Å². The van der Waals surface area contributed by atoms with E-state index in [9.17, 15) is 10.1 Å². The van der Waals surface area contributed by atoms with Crippen LogP contribution in [0.15, 0.2) is 18.2 Å². The molecule has 0 bridgehead atoms. The van der Waals surface area contributed by atoms with Crippen LogP contribution >= 0.6 is 11.6 Å². The van der Waals surface area contributed by atoms with Crippen LogP contribution in [0.3, 0.4) is 0 Å². The third-order valence-electron chi connectivity index (χ3n) is 4.30. The number of nitrogens with one attached hydrogen (secondary N) is 1. The van der Waals surface area contributed by atoms with Crippen LogP contribution < -0.4 is 5.32 Å². The number of benzene rings is 1. The van der Waals surface area contributed by atoms with Gasteiger partial charge >= 0.3 is 0 Å². The first-order chi connectivity index (χ1) is 10.1. The quantitative estimate of drug-likeness (QED) is 0.449. The summed E-state index contributed by atoms with van der Waals surface area (Å²) >= 11 is 5.85. The molecule has 1 N–H and O–H groups in total. The Morgan fingerprint density at radius 3 is 2.86 bits per heavy atom. The van der Waals surface area contributed by atoms with Gasteiger partial charge in [0.1, 0.15) is 5.69 Å². The Labute approximate surface area is 131 Å². The van der Waals surface area contributed by atoms with E-state index >= 15 is 0 Å². The van der Waals surface area contributed by atoms with Crippen molar-refractivity contribution in [2.75, 3.05) is 5.32 Å². The van der Waals surface area contributed by atoms with E-state index in [4.69, 9.17) is 11.6 Å². The number of nitro benzene ring substituents is 1. The number of hydrogen-bond donors (Lipinski definition) is 1. The van der Waals surface area contributed by atoms with Crippen LogP contribution in [0.5, 0.6) is 0 Å². The van der Waals surface area contributed by atoms with Gasteiger partial charge in [-0.2, -0.15) is 0 Å². The fraction of sp³-hybridized carbons (Fsp3) is 0.625. The summed E-state index contributed by atoms with van der Waals surface area (Å²) in [4.78, 5) is 10.8. The van der Waals surface area contributed by atoms with Gasteiger partial charge < -0.3 is 5.32 Å². The van der Waals surface area contributed by atoms with Gasteiger partial charge in [0.2, 0.25) is 0 Å². The molecule has 0 aromatic heterocycles. The summed E-state index contributed by atoms with van der Waals surface area (Å²) in [6.45, 7) is 2.23. The minimum atomic E-state index is -0.370. The summed E-state index contributed by atoms with van der Waals surface area (Å²) in [6, 6.07) is 5.16. The molecule has 1 aliphatic carbocycles. The first-order valence-corrected chi connectivity index (χ1v) is 8.18. The second kappa shape index (κ2) is 7.64. The molecule has 1 aromatic rings. The van der Waals surface area contributed by atoms with E-state index < -0.39 is 0 Å². The predicted molar refractivity (Wildman–Crippen MR) is 87.0 cm³/mol. The Morgan fingerprint density at radius 1 is 1.33 bits per heavy atom. The Morgan fingerprint density at radius 2 is 2.14 bits per heavy atom. The Kier molecular flexibility index (Phi) is 5.85. The van der Waals surface area contributed by atoms with Crippen LogP contribution in [-0.4, -0.2) is 11.0 Å². The molecular formula is C16H23ClN2O2. The number of nitrogens with zero attached hydrogens (tertiary/aromatic N) is 1. The van der Waals surface area contributed by atoms with Crippen LogP contribution in [-0.2, 0) is 0 Å². The van der Waals surface area contributed by atoms with Crippen molar-refractivity contribution in [2.24, 2.45) is 5.92 Å². The topological polar surface area (TPSA) is 55.2 Å². The molecule has 2 atom stereocenters. The zero-order chi connectivity index (χ0) is 15.2. The summed E-state index contributed by atoms with van der Waals surface area (Å²) in [5, 5.41) is 14.9. The van der Waals surface area contributed by atoms with Gasteiger partial charge in [-0.1, -0.05) is 44.2 Å². The number of nitro groups is 1. The molecule has 0 aliphatic heterocycles. The highest BCUT2D eigenvalue weighted by Gasteiger charge is 2.21. The highest BCUT2D eigenvalue weighted by Crippen LogP contribution is 2.32. The van der Waals surface area contributed by atoms with E-state index in [1.54, 1.807) is 12.1 Å². The van der Waals surface area contributed by atoms with Gasteiger partial charge in [-0.25, -0.2) is 0 Å². The van der Waals surface area contributed by atoms with Crippen molar-refractivity contribution in [2.45, 2.75) is 57.9 Å². The first-order valence-electron chi connectivity index (χ1n) is 7.80. The molecule has 1 saturated carbocycles. The maximum atomic E-state index is 11.1. The van der Waals surface area contributed by atoms with Crippen LogP contribution in [0.25, 0.3) is 0 Å². The Balaban J connectivity index is 2.03. The van der Waals surface area contributed by atoms with Crippen molar-refractivity contribution in [1.29, 1.82) is 0 Å². The standard InChI is InChI=1S/C16H23ClN2O2/c1-2-4-12-5-3-6-14(9-7-12)18-15-10-8-13(17)11-16(15)19(20)21/h8,10-12,14,18H,2-7,9H2,1H3. The number of anilines is 1. The van der Waals surface area contributed by atoms with Gasteiger partial charge in [-0.05, 0) is 37.3 Å². The van der Waals surface area contributed by atoms with Gasteiger partial charge in [-0.15, -0.1) is 0 Å². The van der Waals surface area contributed by atoms with Crippen molar-refractivity contribution >= 4 is 23.0 Å². The number of halogens is 1. The predicted octanol–water partition coefficient (Wildman–Crippen LogP) is 5.41. The molecule has 1 fully saturated rings. The fourth-order valence-electron chi connectivity index (χ4n) is 3.22. The van der Waals surface area contributed by atoms with E-state index in [-0.39, 0.29) is 10.6 Å². The highest BCUT2D eigenvalue weighted by atomic mass is 35.5. The molecule has 0 radical (unpaired) electrons. The molecular weight excluding hydrogens is 288 g/mol. The lowest BCUT2D eigenvalue weighted by Gasteiger charge is -2.18. The summed E-state index contributed by atoms with van der Waals surface area (Å²) in [5.41, 5.74) is 0.653. The largest absolute Gasteiger partial charge is 0.377 e. The summed E-state index contributed by atoms with van der Waals surface area (Å²) in [6.07, 6.45) is 8.41. The second-order valence-corrected chi connectivity index (χ2v) is 6.36. The zero-order valence-corrected chi connectivity index (χ0v) is 13.2. The minimum absolute atomic E-state index is 0.0665. The van der Waals surface area contributed by atoms with Gasteiger partial charge in [0, 0.05) is 17.1 Å². The maximum absolute atomic E-state index is 11.1. The van der Waals surface area contributed by atoms with Crippen LogP contribution in [0, 0.1) is 16.0 Å². The first kappa shape index (κ1) is 16.1. The summed E-state index contributed by atoms with van der Waals surface area (Å²) in [7, 11) is 0. The second-order valence-electron chi connectivity index (χ2n) is 5.92. The van der Waals surface area contributed by atoms with Gasteiger partial charge in [0.25, 0.3) is 5.69 Å². The molecule has 5 heteroatoms. The fourth-order valence-corrected chi connectivity index (χ4v) is 3.38. The van der Waals surface area contributed by atoms with Gasteiger partial charge in [0.05, 0.1) is 4.92 Å². The lowest BCUT2D eigenvalue weighted by molar-refractivity contribution is -0.384. The van der Waals surface area contributed by atoms with E-state index in [0.29, 0.717) is 16.8 Å². The van der Waals surface area contributed by atoms with Crippen LogP contribution in [0.2, 0.25) is 5.02 Å². The molecule has 2 rings (SSSR count). The van der Waals surface area contributed by atoms with Crippen molar-refractivity contribution in [1.82, 2.24) is 0 Å². The number of hydrogen-bond acceptors (Lipinski definition) is 3. The average molecular weight is 311 g/mol. The number of rotatable bonds is 5. The van der Waals surface area contributed by atoms with Crippen molar-refractivity contribution in [3.8, 4) is 0 Å². The molecule has 0 saturated heterocycles. The zero-order valence-electron chi connectivity index (χ0n) is 12.5. The van der Waals surface area contributed by atoms with Gasteiger partial charge in [0.15, 0.2) is 0 Å². The lowest BCUT2D eigenvalue weighted by Crippen LogP contribution is -2.19. The molecule has 21 heavy (non-hydrogen) atoms. The van der Waals surface area contributed by atoms with Crippen molar-refractivity contribution in [3.63, 3.8) is 0 Å². The summed E-state index contributed by atoms with van der Waals surface area (Å²) in [5.74, 6) is 0.821. The molecule has 116 valence electrons. The third kappa shape index (κ3) is 4.60. The SMILES string of the molecule is CCCC1CCCC(Nc2ccc(Cl)cc2[N+](=O)[O-])CC1. The third-order valence-corrected chi connectivity index (χ3v) is 4.54. The minimum Gasteiger partial charge on any atom is -0.377 e. The molecule has 2 unspecified atom stereocenters. The average Bonchev–Trinajstić information content (AvgIpc) is 2.67. The van der Waals surface area contributed by atoms with Crippen molar-refractivity contribution in [3.05, 3.63) is 33.3 Å². The summed E-state index contributed by atoms with van der Waals surface area (Å²) < 4.78 is 0. The Bertz CT molecular complexity index is 493. The smallest absolute Gasteiger partial charge is 0.293 e. The van der Waals surface area contributed by atoms with E-state index in [2.05, 4.69) is 12.2 Å². The molecule has 1 aliphatic rings. The normalized spacial score (nSPS) is 22.6. The van der Waals surface area contributed by atoms with E-state index in [0.717, 1.165) is 18.8 Å². The highest BCUT2D eigenvalue weighted by molar-refractivity contribution is 6.30. The molecule has 0 spiro atoms. The van der Waals surface area contributed by atoms with E-state index in [1.807, 2.05) is 0 Å². The molecule has 0 heterocycles. The molecule has 4 nitrogen and oxygen atoms in total. The Hall–Kier alpha value is -1.29.